The number of hydrogen-bond acceptors (Lipinski definition) is 4. The van der Waals surface area contributed by atoms with Gasteiger partial charge in [0, 0.05) is 49.0 Å². The van der Waals surface area contributed by atoms with Crippen LogP contribution >= 0.6 is 11.6 Å². The Morgan fingerprint density at radius 1 is 1.00 bits per heavy atom. The molecule has 2 N–H and O–H groups in total. The Morgan fingerprint density at radius 3 is 2.42 bits per heavy atom. The molecule has 1 saturated heterocycles. The molecule has 178 valence electrons. The fourth-order valence-corrected chi connectivity index (χ4v) is 5.09. The molecule has 2 aromatic rings. The van der Waals surface area contributed by atoms with Crippen LogP contribution in [0.15, 0.2) is 48.5 Å². The van der Waals surface area contributed by atoms with Gasteiger partial charge in [-0.2, -0.15) is 0 Å². The van der Waals surface area contributed by atoms with Gasteiger partial charge < -0.3 is 20.3 Å². The summed E-state index contributed by atoms with van der Waals surface area (Å²) < 4.78 is 6.03. The van der Waals surface area contributed by atoms with E-state index in [9.17, 15) is 4.79 Å². The summed E-state index contributed by atoms with van der Waals surface area (Å²) >= 11 is 6.00. The van der Waals surface area contributed by atoms with Crippen molar-refractivity contribution in [2.24, 2.45) is 0 Å². The van der Waals surface area contributed by atoms with Gasteiger partial charge in [0.25, 0.3) is 0 Å². The topological polar surface area (TPSA) is 56.8 Å². The highest BCUT2D eigenvalue weighted by Gasteiger charge is 2.29. The zero-order valence-electron chi connectivity index (χ0n) is 19.6. The van der Waals surface area contributed by atoms with E-state index in [2.05, 4.69) is 52.5 Å². The van der Waals surface area contributed by atoms with Crippen LogP contribution in [-0.4, -0.2) is 55.3 Å². The maximum Gasteiger partial charge on any atom is 0.319 e. The first-order valence-electron chi connectivity index (χ1n) is 12.1. The van der Waals surface area contributed by atoms with Crippen LogP contribution in [0, 0.1) is 0 Å². The molecule has 7 heteroatoms. The van der Waals surface area contributed by atoms with Gasteiger partial charge >= 0.3 is 6.03 Å². The highest BCUT2D eigenvalue weighted by atomic mass is 35.5. The van der Waals surface area contributed by atoms with Gasteiger partial charge in [-0.3, -0.25) is 4.90 Å². The molecule has 2 fully saturated rings. The number of carbonyl (C=O) groups excluding carboxylic acids is 1. The maximum atomic E-state index is 12.3. The molecule has 1 aliphatic carbocycles. The first-order valence-corrected chi connectivity index (χ1v) is 12.4. The third-order valence-electron chi connectivity index (χ3n) is 6.51. The average molecular weight is 471 g/mol. The van der Waals surface area contributed by atoms with Crippen LogP contribution in [0.2, 0.25) is 5.02 Å². The SMILES string of the molecule is CC(C)Oc1ccccc1N1CCN([C@H]2CC[C@@H](NC(=O)Nc3cccc(Cl)c3)CC2)CC1. The van der Waals surface area contributed by atoms with E-state index in [0.717, 1.165) is 57.6 Å². The average Bonchev–Trinajstić information content (AvgIpc) is 2.80. The molecule has 0 atom stereocenters. The largest absolute Gasteiger partial charge is 0.489 e. The highest BCUT2D eigenvalue weighted by Crippen LogP contribution is 2.31. The summed E-state index contributed by atoms with van der Waals surface area (Å²) in [6, 6.07) is 16.3. The molecule has 0 unspecified atom stereocenters. The molecule has 0 bridgehead atoms. The van der Waals surface area contributed by atoms with Crippen molar-refractivity contribution in [1.82, 2.24) is 10.2 Å². The lowest BCUT2D eigenvalue weighted by Crippen LogP contribution is -2.52. The summed E-state index contributed by atoms with van der Waals surface area (Å²) in [7, 11) is 0. The van der Waals surface area contributed by atoms with E-state index in [1.165, 1.54) is 5.69 Å². The predicted octanol–water partition coefficient (Wildman–Crippen LogP) is 5.38. The van der Waals surface area contributed by atoms with Crippen molar-refractivity contribution < 1.29 is 9.53 Å². The molecule has 6 nitrogen and oxygen atoms in total. The number of rotatable bonds is 6. The van der Waals surface area contributed by atoms with Crippen molar-refractivity contribution in [1.29, 1.82) is 0 Å². The van der Waals surface area contributed by atoms with Crippen LogP contribution in [-0.2, 0) is 0 Å². The van der Waals surface area contributed by atoms with Crippen molar-refractivity contribution in [2.75, 3.05) is 36.4 Å². The lowest BCUT2D eigenvalue weighted by atomic mass is 9.90. The molecular weight excluding hydrogens is 436 g/mol. The zero-order chi connectivity index (χ0) is 23.2. The van der Waals surface area contributed by atoms with Crippen LogP contribution in [0.1, 0.15) is 39.5 Å². The summed E-state index contributed by atoms with van der Waals surface area (Å²) in [5.41, 5.74) is 1.91. The monoisotopic (exact) mass is 470 g/mol. The van der Waals surface area contributed by atoms with Crippen LogP contribution < -0.4 is 20.3 Å². The number of urea groups is 1. The fourth-order valence-electron chi connectivity index (χ4n) is 4.90. The van der Waals surface area contributed by atoms with Crippen molar-refractivity contribution in [2.45, 2.75) is 57.7 Å². The third-order valence-corrected chi connectivity index (χ3v) is 6.75. The summed E-state index contributed by atoms with van der Waals surface area (Å²) in [4.78, 5) is 17.4. The molecule has 0 spiro atoms. The zero-order valence-corrected chi connectivity index (χ0v) is 20.4. The summed E-state index contributed by atoms with van der Waals surface area (Å²) in [5, 5.41) is 6.62. The van der Waals surface area contributed by atoms with Crippen LogP contribution in [0.3, 0.4) is 0 Å². The van der Waals surface area contributed by atoms with Gasteiger partial charge in [0.1, 0.15) is 5.75 Å². The minimum absolute atomic E-state index is 0.156. The molecule has 0 radical (unpaired) electrons. The number of carbonyl (C=O) groups is 1. The van der Waals surface area contributed by atoms with Gasteiger partial charge in [0.05, 0.1) is 11.8 Å². The second kappa shape index (κ2) is 11.1. The number of hydrogen-bond donors (Lipinski definition) is 2. The first-order chi connectivity index (χ1) is 16.0. The normalized spacial score (nSPS) is 21.6. The quantitative estimate of drug-likeness (QED) is 0.595. The van der Waals surface area contributed by atoms with Crippen LogP contribution in [0.5, 0.6) is 5.75 Å². The summed E-state index contributed by atoms with van der Waals surface area (Å²) in [6.45, 7) is 8.29. The lowest BCUT2D eigenvalue weighted by Gasteiger charge is -2.43. The summed E-state index contributed by atoms with van der Waals surface area (Å²) in [5.74, 6) is 0.976. The number of anilines is 2. The van der Waals surface area contributed by atoms with E-state index in [4.69, 9.17) is 16.3 Å². The summed E-state index contributed by atoms with van der Waals surface area (Å²) in [6.07, 6.45) is 4.44. The minimum Gasteiger partial charge on any atom is -0.489 e. The van der Waals surface area contributed by atoms with Gasteiger partial charge in [0.2, 0.25) is 0 Å². The van der Waals surface area contributed by atoms with E-state index in [1.54, 1.807) is 12.1 Å². The number of ether oxygens (including phenoxy) is 1. The van der Waals surface area contributed by atoms with Crippen molar-refractivity contribution in [3.05, 3.63) is 53.6 Å². The Balaban J connectivity index is 1.22. The minimum atomic E-state index is -0.156. The molecule has 2 amide bonds. The Bertz CT molecular complexity index is 922. The standard InChI is InChI=1S/C26H35ClN4O2/c1-19(2)33-25-9-4-3-8-24(25)31-16-14-30(15-17-31)23-12-10-21(11-13-23)28-26(32)29-22-7-5-6-20(27)18-22/h3-9,18-19,21,23H,10-17H2,1-2H3,(H2,28,29,32)/t21-,23+. The lowest BCUT2D eigenvalue weighted by molar-refractivity contribution is 0.137. The smallest absolute Gasteiger partial charge is 0.319 e. The van der Waals surface area contributed by atoms with E-state index in [0.29, 0.717) is 16.8 Å². The number of amides is 2. The Hall–Kier alpha value is -2.44. The Labute approximate surface area is 202 Å². The van der Waals surface area contributed by atoms with Crippen molar-refractivity contribution >= 4 is 29.0 Å². The van der Waals surface area contributed by atoms with E-state index in [1.807, 2.05) is 18.2 Å². The Morgan fingerprint density at radius 2 is 1.73 bits per heavy atom. The first kappa shape index (κ1) is 23.7. The second-order valence-electron chi connectivity index (χ2n) is 9.27. The molecule has 1 saturated carbocycles. The van der Waals surface area contributed by atoms with E-state index in [-0.39, 0.29) is 18.2 Å². The van der Waals surface area contributed by atoms with Crippen molar-refractivity contribution in [3.63, 3.8) is 0 Å². The number of halogens is 1. The maximum absolute atomic E-state index is 12.3. The second-order valence-corrected chi connectivity index (χ2v) is 9.71. The molecule has 2 aromatic carbocycles. The van der Waals surface area contributed by atoms with E-state index < -0.39 is 0 Å². The molecule has 2 aliphatic rings. The van der Waals surface area contributed by atoms with Gasteiger partial charge in [-0.15, -0.1) is 0 Å². The van der Waals surface area contributed by atoms with Gasteiger partial charge in [-0.05, 0) is 69.9 Å². The number of nitrogens with zero attached hydrogens (tertiary/aromatic N) is 2. The molecule has 1 heterocycles. The number of benzene rings is 2. The van der Waals surface area contributed by atoms with Crippen LogP contribution in [0.4, 0.5) is 16.2 Å². The molecule has 33 heavy (non-hydrogen) atoms. The highest BCUT2D eigenvalue weighted by molar-refractivity contribution is 6.30. The van der Waals surface area contributed by atoms with Crippen molar-refractivity contribution in [3.8, 4) is 5.75 Å². The van der Waals surface area contributed by atoms with Gasteiger partial charge in [-0.25, -0.2) is 4.79 Å². The fraction of sp³-hybridized carbons (Fsp3) is 0.500. The molecular formula is C26H35ClN4O2. The third kappa shape index (κ3) is 6.55. The molecule has 0 aromatic heterocycles. The number of para-hydroxylation sites is 2. The Kier molecular flexibility index (Phi) is 7.99. The molecule has 4 rings (SSSR count). The molecule has 1 aliphatic heterocycles. The number of nitrogens with one attached hydrogen (secondary N) is 2. The predicted molar refractivity (Wildman–Crippen MR) is 136 cm³/mol. The number of piperazine rings is 1. The van der Waals surface area contributed by atoms with Gasteiger partial charge in [0.15, 0.2) is 0 Å². The van der Waals surface area contributed by atoms with Crippen LogP contribution in [0.25, 0.3) is 0 Å². The van der Waals surface area contributed by atoms with Gasteiger partial charge in [-0.1, -0.05) is 29.8 Å². The van der Waals surface area contributed by atoms with E-state index >= 15 is 0 Å².